The van der Waals surface area contributed by atoms with Gasteiger partial charge < -0.3 is 9.47 Å². The van der Waals surface area contributed by atoms with E-state index in [1.54, 1.807) is 0 Å². The van der Waals surface area contributed by atoms with Crippen LogP contribution in [0.1, 0.15) is 98.8 Å². The molecule has 0 aliphatic heterocycles. The Kier molecular flexibility index (Phi) is 14.6. The third kappa shape index (κ3) is 13.9. The van der Waals surface area contributed by atoms with Crippen molar-refractivity contribution in [3.63, 3.8) is 0 Å². The molecule has 0 aromatic carbocycles. The Morgan fingerprint density at radius 2 is 1.24 bits per heavy atom. The second-order valence-electron chi connectivity index (χ2n) is 7.64. The molecule has 148 valence electrons. The minimum absolute atomic E-state index is 0.0326. The van der Waals surface area contributed by atoms with E-state index in [9.17, 15) is 9.59 Å². The van der Waals surface area contributed by atoms with E-state index < -0.39 is 0 Å². The maximum Gasteiger partial charge on any atom is 0.306 e. The molecule has 0 fully saturated rings. The monoisotopic (exact) mass is 356 g/mol. The number of unbranched alkanes of at least 4 members (excludes halogenated alkanes) is 6. The summed E-state index contributed by atoms with van der Waals surface area (Å²) in [6, 6.07) is 0. The van der Waals surface area contributed by atoms with Gasteiger partial charge in [-0.1, -0.05) is 66.7 Å². The molecule has 4 heteroatoms. The summed E-state index contributed by atoms with van der Waals surface area (Å²) < 4.78 is 10.8. The van der Waals surface area contributed by atoms with E-state index in [4.69, 9.17) is 9.47 Å². The predicted octanol–water partition coefficient (Wildman–Crippen LogP) is 5.67. The average Bonchev–Trinajstić information content (AvgIpc) is 2.55. The van der Waals surface area contributed by atoms with Crippen molar-refractivity contribution in [2.24, 2.45) is 11.8 Å². The van der Waals surface area contributed by atoms with E-state index in [2.05, 4.69) is 34.6 Å². The number of ether oxygens (including phenoxy) is 2. The highest BCUT2D eigenvalue weighted by Gasteiger charge is 2.21. The molecular weight excluding hydrogens is 316 g/mol. The van der Waals surface area contributed by atoms with Crippen LogP contribution < -0.4 is 0 Å². The number of carbonyl (C=O) groups is 2. The molecule has 0 unspecified atom stereocenters. The summed E-state index contributed by atoms with van der Waals surface area (Å²) in [4.78, 5) is 23.5. The Morgan fingerprint density at radius 3 is 1.80 bits per heavy atom. The first-order valence-electron chi connectivity index (χ1n) is 10.2. The van der Waals surface area contributed by atoms with Crippen molar-refractivity contribution in [1.82, 2.24) is 0 Å². The fourth-order valence-corrected chi connectivity index (χ4v) is 2.93. The highest BCUT2D eigenvalue weighted by atomic mass is 16.5. The molecule has 0 amide bonds. The maximum absolute atomic E-state index is 11.9. The standard InChI is InChI=1S/C21H40O4/c1-6-7-8-9-10-13-16-24-19(22)14-11-12-15-20(23)25-21(17(2)3)18(4)5/h17-18,21H,6-16H2,1-5H3. The van der Waals surface area contributed by atoms with Crippen LogP contribution in [0.3, 0.4) is 0 Å². The topological polar surface area (TPSA) is 52.6 Å². The lowest BCUT2D eigenvalue weighted by Gasteiger charge is -2.24. The highest BCUT2D eigenvalue weighted by molar-refractivity contribution is 5.70. The first-order valence-corrected chi connectivity index (χ1v) is 10.2. The SMILES string of the molecule is CCCCCCCCOC(=O)CCCCC(=O)OC(C(C)C)C(C)C. The van der Waals surface area contributed by atoms with E-state index in [-0.39, 0.29) is 18.0 Å². The normalized spacial score (nSPS) is 11.4. The molecule has 0 radical (unpaired) electrons. The zero-order chi connectivity index (χ0) is 19.1. The Balaban J connectivity index is 3.63. The Labute approximate surface area is 155 Å². The number of rotatable bonds is 15. The number of hydrogen-bond acceptors (Lipinski definition) is 4. The zero-order valence-electron chi connectivity index (χ0n) is 17.1. The van der Waals surface area contributed by atoms with Gasteiger partial charge >= 0.3 is 11.9 Å². The fraction of sp³-hybridized carbons (Fsp3) is 0.905. The first-order chi connectivity index (χ1) is 11.9. The zero-order valence-corrected chi connectivity index (χ0v) is 17.1. The molecule has 0 aromatic heterocycles. The maximum atomic E-state index is 11.9. The van der Waals surface area contributed by atoms with Crippen molar-refractivity contribution in [2.75, 3.05) is 6.61 Å². The predicted molar refractivity (Wildman–Crippen MR) is 102 cm³/mol. The van der Waals surface area contributed by atoms with Crippen molar-refractivity contribution >= 4 is 11.9 Å². The molecule has 0 bridgehead atoms. The van der Waals surface area contributed by atoms with Crippen LogP contribution in [-0.4, -0.2) is 24.6 Å². The summed E-state index contributed by atoms with van der Waals surface area (Å²) in [5.74, 6) is 0.332. The third-order valence-electron chi connectivity index (χ3n) is 4.35. The van der Waals surface area contributed by atoms with Gasteiger partial charge in [-0.25, -0.2) is 0 Å². The van der Waals surface area contributed by atoms with Crippen molar-refractivity contribution < 1.29 is 19.1 Å². The van der Waals surface area contributed by atoms with Gasteiger partial charge in [-0.05, 0) is 31.1 Å². The van der Waals surface area contributed by atoms with Gasteiger partial charge in [0.15, 0.2) is 0 Å². The van der Waals surface area contributed by atoms with Gasteiger partial charge in [0, 0.05) is 12.8 Å². The molecule has 0 spiro atoms. The van der Waals surface area contributed by atoms with E-state index in [0.29, 0.717) is 44.1 Å². The third-order valence-corrected chi connectivity index (χ3v) is 4.35. The lowest BCUT2D eigenvalue weighted by atomic mass is 9.96. The van der Waals surface area contributed by atoms with E-state index in [1.165, 1.54) is 25.7 Å². The number of hydrogen-bond donors (Lipinski definition) is 0. The van der Waals surface area contributed by atoms with Gasteiger partial charge in [0.2, 0.25) is 0 Å². The highest BCUT2D eigenvalue weighted by Crippen LogP contribution is 2.17. The molecule has 0 rings (SSSR count). The molecule has 0 aromatic rings. The Bertz CT molecular complexity index is 342. The van der Waals surface area contributed by atoms with Gasteiger partial charge in [-0.2, -0.15) is 0 Å². The summed E-state index contributed by atoms with van der Waals surface area (Å²) in [6.07, 6.45) is 9.20. The van der Waals surface area contributed by atoms with Crippen LogP contribution in [0.4, 0.5) is 0 Å². The smallest absolute Gasteiger partial charge is 0.306 e. The van der Waals surface area contributed by atoms with Gasteiger partial charge in [-0.3, -0.25) is 9.59 Å². The van der Waals surface area contributed by atoms with Crippen molar-refractivity contribution in [1.29, 1.82) is 0 Å². The van der Waals surface area contributed by atoms with Crippen LogP contribution in [0.25, 0.3) is 0 Å². The van der Waals surface area contributed by atoms with Crippen LogP contribution in [0.2, 0.25) is 0 Å². The summed E-state index contributed by atoms with van der Waals surface area (Å²) in [6.45, 7) is 11.0. The molecule has 0 saturated carbocycles. The van der Waals surface area contributed by atoms with Gasteiger partial charge in [-0.15, -0.1) is 0 Å². The summed E-state index contributed by atoms with van der Waals surface area (Å²) in [7, 11) is 0. The Hall–Kier alpha value is -1.06. The van der Waals surface area contributed by atoms with E-state index >= 15 is 0 Å². The van der Waals surface area contributed by atoms with E-state index in [1.807, 2.05) is 0 Å². The van der Waals surface area contributed by atoms with E-state index in [0.717, 1.165) is 12.8 Å². The van der Waals surface area contributed by atoms with Gasteiger partial charge in [0.05, 0.1) is 6.61 Å². The molecule has 0 heterocycles. The summed E-state index contributed by atoms with van der Waals surface area (Å²) in [5.41, 5.74) is 0. The molecule has 0 N–H and O–H groups in total. The second-order valence-corrected chi connectivity index (χ2v) is 7.64. The first kappa shape index (κ1) is 23.9. The second kappa shape index (κ2) is 15.2. The molecule has 0 aliphatic carbocycles. The van der Waals surface area contributed by atoms with Crippen LogP contribution in [-0.2, 0) is 19.1 Å². The average molecular weight is 357 g/mol. The minimum Gasteiger partial charge on any atom is -0.466 e. The quantitative estimate of drug-likeness (QED) is 0.280. The number of esters is 2. The van der Waals surface area contributed by atoms with Crippen LogP contribution in [0, 0.1) is 11.8 Å². The molecule has 0 aliphatic rings. The Morgan fingerprint density at radius 1 is 0.720 bits per heavy atom. The molecule has 25 heavy (non-hydrogen) atoms. The summed E-state index contributed by atoms with van der Waals surface area (Å²) >= 11 is 0. The van der Waals surface area contributed by atoms with Gasteiger partial charge in [0.1, 0.15) is 6.10 Å². The fourth-order valence-electron chi connectivity index (χ4n) is 2.93. The molecule has 0 saturated heterocycles. The molecule has 4 nitrogen and oxygen atoms in total. The largest absolute Gasteiger partial charge is 0.466 e. The molecule has 0 atom stereocenters. The molecular formula is C21H40O4. The van der Waals surface area contributed by atoms with Crippen molar-refractivity contribution in [2.45, 2.75) is 105 Å². The lowest BCUT2D eigenvalue weighted by Crippen LogP contribution is -2.28. The van der Waals surface area contributed by atoms with Gasteiger partial charge in [0.25, 0.3) is 0 Å². The lowest BCUT2D eigenvalue weighted by molar-refractivity contribution is -0.154. The summed E-state index contributed by atoms with van der Waals surface area (Å²) in [5, 5.41) is 0. The van der Waals surface area contributed by atoms with Crippen LogP contribution in [0.5, 0.6) is 0 Å². The number of carbonyl (C=O) groups excluding carboxylic acids is 2. The minimum atomic E-state index is -0.159. The van der Waals surface area contributed by atoms with Crippen LogP contribution >= 0.6 is 0 Å². The van der Waals surface area contributed by atoms with Crippen molar-refractivity contribution in [3.8, 4) is 0 Å². The van der Waals surface area contributed by atoms with Crippen LogP contribution in [0.15, 0.2) is 0 Å². The van der Waals surface area contributed by atoms with Crippen molar-refractivity contribution in [3.05, 3.63) is 0 Å².